The largest absolute Gasteiger partial charge is 0.278 e. The maximum atomic E-state index is 4.18. The van der Waals surface area contributed by atoms with Crippen molar-refractivity contribution in [3.05, 3.63) is 35.9 Å². The quantitative estimate of drug-likeness (QED) is 0.552. The van der Waals surface area contributed by atoms with Crippen LogP contribution in [0.4, 0.5) is 0 Å². The zero-order chi connectivity index (χ0) is 7.03. The molecule has 50 valence electrons. The lowest BCUT2D eigenvalue weighted by Gasteiger charge is -2.04. The molecule has 0 saturated heterocycles. The van der Waals surface area contributed by atoms with Gasteiger partial charge in [0, 0.05) is 6.21 Å². The first-order chi connectivity index (χ1) is 4.81. The highest BCUT2D eigenvalue weighted by molar-refractivity contribution is 5.85. The Kier molecular flexibility index (Phi) is 0.956. The van der Waals surface area contributed by atoms with E-state index < -0.39 is 0 Å². The Balaban J connectivity index is 2.36. The van der Waals surface area contributed by atoms with Crippen molar-refractivity contribution in [2.24, 2.45) is 4.99 Å². The molecule has 1 aliphatic rings. The van der Waals surface area contributed by atoms with Gasteiger partial charge in [-0.2, -0.15) is 0 Å². The predicted octanol–water partition coefficient (Wildman–Crippen LogP) is 1.99. The van der Waals surface area contributed by atoms with Crippen LogP contribution in [0, 0.1) is 0 Å². The Hall–Kier alpha value is -1.11. The first-order valence-electron chi connectivity index (χ1n) is 3.43. The van der Waals surface area contributed by atoms with Crippen molar-refractivity contribution in [1.29, 1.82) is 0 Å². The summed E-state index contributed by atoms with van der Waals surface area (Å²) in [7, 11) is 0. The monoisotopic (exact) mass is 131 g/mol. The van der Waals surface area contributed by atoms with Gasteiger partial charge in [0.1, 0.15) is 5.54 Å². The van der Waals surface area contributed by atoms with Crippen molar-refractivity contribution in [3.8, 4) is 0 Å². The number of benzene rings is 1. The average Bonchev–Trinajstić information content (AvgIpc) is 2.72. The molecule has 1 aromatic carbocycles. The lowest BCUT2D eigenvalue weighted by Crippen LogP contribution is -2.02. The summed E-state index contributed by atoms with van der Waals surface area (Å²) in [6, 6.07) is 10.3. The molecule has 0 fully saturated rings. The van der Waals surface area contributed by atoms with Crippen LogP contribution in [0.1, 0.15) is 12.5 Å². The van der Waals surface area contributed by atoms with E-state index in [1.165, 1.54) is 5.56 Å². The fourth-order valence-corrected chi connectivity index (χ4v) is 1.02. The minimum atomic E-state index is 0.0429. The van der Waals surface area contributed by atoms with Gasteiger partial charge in [0.2, 0.25) is 0 Å². The Morgan fingerprint density at radius 2 is 1.80 bits per heavy atom. The van der Waals surface area contributed by atoms with Crippen LogP contribution in [0.25, 0.3) is 0 Å². The molecule has 2 rings (SSSR count). The van der Waals surface area contributed by atoms with E-state index in [-0.39, 0.29) is 5.54 Å². The van der Waals surface area contributed by atoms with E-state index in [0.29, 0.717) is 0 Å². The molecule has 0 amide bonds. The smallest absolute Gasteiger partial charge is 0.117 e. The zero-order valence-corrected chi connectivity index (χ0v) is 5.91. The van der Waals surface area contributed by atoms with Crippen LogP contribution in [0.3, 0.4) is 0 Å². The number of hydrogen-bond donors (Lipinski definition) is 0. The van der Waals surface area contributed by atoms with Crippen molar-refractivity contribution in [3.63, 3.8) is 0 Å². The Morgan fingerprint density at radius 3 is 2.30 bits per heavy atom. The number of hydrogen-bond acceptors (Lipinski definition) is 1. The van der Waals surface area contributed by atoms with Crippen LogP contribution >= 0.6 is 0 Å². The molecule has 0 radical (unpaired) electrons. The molecule has 0 N–H and O–H groups in total. The summed E-state index contributed by atoms with van der Waals surface area (Å²) in [4.78, 5) is 4.18. The second-order valence-electron chi connectivity index (χ2n) is 2.77. The summed E-state index contributed by atoms with van der Waals surface area (Å²) in [5, 5.41) is 0. The Labute approximate surface area is 60.4 Å². The van der Waals surface area contributed by atoms with Crippen molar-refractivity contribution in [2.75, 3.05) is 0 Å². The summed E-state index contributed by atoms with van der Waals surface area (Å²) in [6.45, 7) is 2.11. The van der Waals surface area contributed by atoms with E-state index in [1.807, 2.05) is 24.4 Å². The first kappa shape index (κ1) is 5.66. The highest BCUT2D eigenvalue weighted by Crippen LogP contribution is 2.31. The van der Waals surface area contributed by atoms with E-state index in [0.717, 1.165) is 0 Å². The fourth-order valence-electron chi connectivity index (χ4n) is 1.02. The minimum absolute atomic E-state index is 0.0429. The van der Waals surface area contributed by atoms with Crippen LogP contribution < -0.4 is 0 Å². The molecule has 1 aliphatic heterocycles. The molecule has 1 heterocycles. The molecule has 1 aromatic rings. The van der Waals surface area contributed by atoms with Crippen molar-refractivity contribution in [1.82, 2.24) is 0 Å². The van der Waals surface area contributed by atoms with Crippen LogP contribution in [0.15, 0.2) is 35.3 Å². The first-order valence-corrected chi connectivity index (χ1v) is 3.43. The van der Waals surface area contributed by atoms with E-state index in [9.17, 15) is 0 Å². The van der Waals surface area contributed by atoms with Gasteiger partial charge in [-0.1, -0.05) is 30.3 Å². The SMILES string of the molecule is C[C@@]1(c2ccccc2)C=N1. The van der Waals surface area contributed by atoms with Crippen LogP contribution in [-0.2, 0) is 5.54 Å². The lowest BCUT2D eigenvalue weighted by atomic mass is 10.0. The van der Waals surface area contributed by atoms with E-state index in [2.05, 4.69) is 24.0 Å². The third kappa shape index (κ3) is 0.747. The van der Waals surface area contributed by atoms with Gasteiger partial charge < -0.3 is 0 Å². The molecule has 1 atom stereocenters. The summed E-state index contributed by atoms with van der Waals surface area (Å²) < 4.78 is 0. The van der Waals surface area contributed by atoms with Gasteiger partial charge in [-0.05, 0) is 12.5 Å². The van der Waals surface area contributed by atoms with Gasteiger partial charge >= 0.3 is 0 Å². The Morgan fingerprint density at radius 1 is 1.20 bits per heavy atom. The lowest BCUT2D eigenvalue weighted by molar-refractivity contribution is 0.810. The molecule has 10 heavy (non-hydrogen) atoms. The third-order valence-electron chi connectivity index (χ3n) is 1.87. The highest BCUT2D eigenvalue weighted by Gasteiger charge is 2.31. The molecular weight excluding hydrogens is 122 g/mol. The molecule has 0 aliphatic carbocycles. The van der Waals surface area contributed by atoms with Crippen LogP contribution in [-0.4, -0.2) is 6.21 Å². The molecule has 0 aromatic heterocycles. The maximum absolute atomic E-state index is 4.18. The summed E-state index contributed by atoms with van der Waals surface area (Å²) >= 11 is 0. The number of rotatable bonds is 1. The van der Waals surface area contributed by atoms with Crippen molar-refractivity contribution in [2.45, 2.75) is 12.5 Å². The van der Waals surface area contributed by atoms with E-state index in [4.69, 9.17) is 0 Å². The van der Waals surface area contributed by atoms with Crippen LogP contribution in [0.2, 0.25) is 0 Å². The van der Waals surface area contributed by atoms with Gasteiger partial charge in [-0.25, -0.2) is 0 Å². The molecule has 0 unspecified atom stereocenters. The highest BCUT2D eigenvalue weighted by atomic mass is 15.0. The van der Waals surface area contributed by atoms with Crippen LogP contribution in [0.5, 0.6) is 0 Å². The number of aliphatic imine (C=N–C) groups is 1. The van der Waals surface area contributed by atoms with E-state index >= 15 is 0 Å². The standard InChI is InChI=1S/C9H9N/c1-9(7-10-9)8-5-3-2-4-6-8/h2-7H,1H3/t9-/m0/s1. The van der Waals surface area contributed by atoms with Gasteiger partial charge in [0.25, 0.3) is 0 Å². The molecule has 0 saturated carbocycles. The summed E-state index contributed by atoms with van der Waals surface area (Å²) in [5.74, 6) is 0. The Bertz CT molecular complexity index is 255. The summed E-state index contributed by atoms with van der Waals surface area (Å²) in [6.07, 6.45) is 1.97. The second-order valence-corrected chi connectivity index (χ2v) is 2.77. The molecule has 0 bridgehead atoms. The van der Waals surface area contributed by atoms with Gasteiger partial charge in [-0.3, -0.25) is 4.99 Å². The van der Waals surface area contributed by atoms with Crippen molar-refractivity contribution < 1.29 is 0 Å². The van der Waals surface area contributed by atoms with Gasteiger partial charge in [0.15, 0.2) is 0 Å². The minimum Gasteiger partial charge on any atom is -0.278 e. The topological polar surface area (TPSA) is 12.4 Å². The second kappa shape index (κ2) is 1.69. The normalized spacial score (nSPS) is 28.5. The third-order valence-corrected chi connectivity index (χ3v) is 1.87. The van der Waals surface area contributed by atoms with Crippen molar-refractivity contribution >= 4 is 6.21 Å². The maximum Gasteiger partial charge on any atom is 0.117 e. The predicted molar refractivity (Wildman–Crippen MR) is 42.3 cm³/mol. The fraction of sp³-hybridized carbons (Fsp3) is 0.222. The van der Waals surface area contributed by atoms with Gasteiger partial charge in [0.05, 0.1) is 0 Å². The van der Waals surface area contributed by atoms with E-state index in [1.54, 1.807) is 0 Å². The number of nitrogens with zero attached hydrogens (tertiary/aromatic N) is 1. The molecule has 0 spiro atoms. The van der Waals surface area contributed by atoms with Gasteiger partial charge in [-0.15, -0.1) is 0 Å². The summed E-state index contributed by atoms with van der Waals surface area (Å²) in [5.41, 5.74) is 1.33. The average molecular weight is 131 g/mol. The molecular formula is C9H9N. The molecule has 1 heteroatoms. The molecule has 1 nitrogen and oxygen atoms in total. The zero-order valence-electron chi connectivity index (χ0n) is 5.91.